The molecule has 2 rings (SSSR count). The van der Waals surface area contributed by atoms with E-state index in [1.54, 1.807) is 12.1 Å². The van der Waals surface area contributed by atoms with Crippen LogP contribution in [-0.4, -0.2) is 31.6 Å². The fourth-order valence-corrected chi connectivity index (χ4v) is 3.82. The van der Waals surface area contributed by atoms with Gasteiger partial charge in [-0.25, -0.2) is 8.42 Å². The van der Waals surface area contributed by atoms with Gasteiger partial charge in [0.2, 0.25) is 10.0 Å². The Morgan fingerprint density at radius 1 is 1.21 bits per heavy atom. The Morgan fingerprint density at radius 2 is 1.79 bits per heavy atom. The van der Waals surface area contributed by atoms with Crippen molar-refractivity contribution in [3.8, 4) is 0 Å². The molecule has 0 aliphatic carbocycles. The molecular formula is C14H21NO3S. The maximum Gasteiger partial charge on any atom is 0.245 e. The van der Waals surface area contributed by atoms with Gasteiger partial charge in [0.25, 0.3) is 0 Å². The molecular weight excluding hydrogens is 262 g/mol. The van der Waals surface area contributed by atoms with Crippen molar-refractivity contribution in [3.05, 3.63) is 29.8 Å². The fraction of sp³-hybridized carbons (Fsp3) is 0.571. The second kappa shape index (κ2) is 4.89. The molecule has 0 atom stereocenters. The van der Waals surface area contributed by atoms with E-state index in [9.17, 15) is 8.42 Å². The molecule has 1 aliphatic rings. The van der Waals surface area contributed by atoms with E-state index in [4.69, 9.17) is 4.74 Å². The fourth-order valence-electron chi connectivity index (χ4n) is 2.17. The zero-order valence-electron chi connectivity index (χ0n) is 11.9. The molecule has 0 unspecified atom stereocenters. The quantitative estimate of drug-likeness (QED) is 0.856. The van der Waals surface area contributed by atoms with Crippen molar-refractivity contribution in [2.24, 2.45) is 0 Å². The average Bonchev–Trinajstić information content (AvgIpc) is 2.69. The summed E-state index contributed by atoms with van der Waals surface area (Å²) in [5.41, 5.74) is 0.645. The van der Waals surface area contributed by atoms with E-state index in [1.807, 2.05) is 26.0 Å². The molecule has 0 bridgehead atoms. The van der Waals surface area contributed by atoms with E-state index < -0.39 is 15.6 Å². The molecule has 4 nitrogen and oxygen atoms in total. The normalized spacial score (nSPS) is 20.1. The summed E-state index contributed by atoms with van der Waals surface area (Å²) in [7, 11) is -3.48. The Morgan fingerprint density at radius 3 is 2.21 bits per heavy atom. The molecule has 1 heterocycles. The van der Waals surface area contributed by atoms with Crippen LogP contribution in [0.5, 0.6) is 0 Å². The first-order valence-corrected chi connectivity index (χ1v) is 7.90. The van der Waals surface area contributed by atoms with Gasteiger partial charge in [0.1, 0.15) is 6.73 Å². The van der Waals surface area contributed by atoms with Crippen LogP contribution in [0.2, 0.25) is 0 Å². The van der Waals surface area contributed by atoms with Gasteiger partial charge in [-0.1, -0.05) is 26.0 Å². The van der Waals surface area contributed by atoms with Crippen molar-refractivity contribution in [3.63, 3.8) is 0 Å². The monoisotopic (exact) mass is 283 g/mol. The Balaban J connectivity index is 2.35. The molecule has 1 aromatic carbocycles. The van der Waals surface area contributed by atoms with E-state index in [2.05, 4.69) is 13.8 Å². The SMILES string of the molecule is CC(C)c1ccc(S(=O)(=O)N2COCC2(C)C)cc1. The molecule has 5 heteroatoms. The minimum atomic E-state index is -3.48. The van der Waals surface area contributed by atoms with Crippen LogP contribution in [0.3, 0.4) is 0 Å². The molecule has 1 aliphatic heterocycles. The maximum atomic E-state index is 12.6. The van der Waals surface area contributed by atoms with Crippen molar-refractivity contribution in [2.45, 2.75) is 44.0 Å². The predicted octanol–water partition coefficient (Wildman–Crippen LogP) is 2.57. The minimum absolute atomic E-state index is 0.126. The first-order valence-electron chi connectivity index (χ1n) is 6.46. The molecule has 1 fully saturated rings. The van der Waals surface area contributed by atoms with Gasteiger partial charge in [-0.05, 0) is 37.5 Å². The lowest BCUT2D eigenvalue weighted by Gasteiger charge is -2.28. The molecule has 19 heavy (non-hydrogen) atoms. The summed E-state index contributed by atoms with van der Waals surface area (Å²) in [4.78, 5) is 0.329. The lowest BCUT2D eigenvalue weighted by Crippen LogP contribution is -2.44. The summed E-state index contributed by atoms with van der Waals surface area (Å²) < 4.78 is 31.9. The zero-order valence-corrected chi connectivity index (χ0v) is 12.7. The Bertz CT molecular complexity index is 547. The molecule has 0 radical (unpaired) electrons. The van der Waals surface area contributed by atoms with E-state index in [0.29, 0.717) is 17.4 Å². The van der Waals surface area contributed by atoms with Crippen molar-refractivity contribution in [1.29, 1.82) is 0 Å². The molecule has 0 N–H and O–H groups in total. The number of hydrogen-bond donors (Lipinski definition) is 0. The van der Waals surface area contributed by atoms with Crippen molar-refractivity contribution in [1.82, 2.24) is 4.31 Å². The van der Waals surface area contributed by atoms with Crippen LogP contribution < -0.4 is 0 Å². The Labute approximate surface area is 115 Å². The van der Waals surface area contributed by atoms with Crippen LogP contribution in [0.1, 0.15) is 39.2 Å². The Kier molecular flexibility index (Phi) is 3.73. The first-order chi connectivity index (χ1) is 8.75. The molecule has 0 spiro atoms. The summed E-state index contributed by atoms with van der Waals surface area (Å²) in [5.74, 6) is 0.392. The van der Waals surface area contributed by atoms with Crippen LogP contribution >= 0.6 is 0 Å². The van der Waals surface area contributed by atoms with Gasteiger partial charge >= 0.3 is 0 Å². The van der Waals surface area contributed by atoms with Gasteiger partial charge in [-0.15, -0.1) is 0 Å². The average molecular weight is 283 g/mol. The Hall–Kier alpha value is -0.910. The molecule has 1 aromatic rings. The summed E-state index contributed by atoms with van der Waals surface area (Å²) in [6.07, 6.45) is 0. The van der Waals surface area contributed by atoms with Crippen molar-refractivity contribution < 1.29 is 13.2 Å². The van der Waals surface area contributed by atoms with Gasteiger partial charge in [0.05, 0.1) is 17.0 Å². The molecule has 0 aromatic heterocycles. The number of nitrogens with zero attached hydrogens (tertiary/aromatic N) is 1. The van der Waals surface area contributed by atoms with E-state index in [0.717, 1.165) is 5.56 Å². The summed E-state index contributed by atoms with van der Waals surface area (Å²) >= 11 is 0. The van der Waals surface area contributed by atoms with Gasteiger partial charge in [0.15, 0.2) is 0 Å². The van der Waals surface area contributed by atoms with Gasteiger partial charge in [0, 0.05) is 0 Å². The van der Waals surface area contributed by atoms with Crippen molar-refractivity contribution in [2.75, 3.05) is 13.3 Å². The van der Waals surface area contributed by atoms with Crippen LogP contribution in [0.25, 0.3) is 0 Å². The third-order valence-electron chi connectivity index (χ3n) is 3.47. The molecule has 0 amide bonds. The highest BCUT2D eigenvalue weighted by Gasteiger charge is 2.41. The van der Waals surface area contributed by atoms with E-state index in [1.165, 1.54) is 4.31 Å². The van der Waals surface area contributed by atoms with Crippen molar-refractivity contribution >= 4 is 10.0 Å². The highest BCUT2D eigenvalue weighted by atomic mass is 32.2. The zero-order chi connectivity index (χ0) is 14.3. The topological polar surface area (TPSA) is 46.6 Å². The van der Waals surface area contributed by atoms with Gasteiger partial charge in [-0.3, -0.25) is 0 Å². The standard InChI is InChI=1S/C14H21NO3S/c1-11(2)12-5-7-13(8-6-12)19(16,17)15-10-18-9-14(15,3)4/h5-8,11H,9-10H2,1-4H3. The lowest BCUT2D eigenvalue weighted by molar-refractivity contribution is 0.171. The predicted molar refractivity (Wildman–Crippen MR) is 74.5 cm³/mol. The number of hydrogen-bond acceptors (Lipinski definition) is 3. The third kappa shape index (κ3) is 2.68. The lowest BCUT2D eigenvalue weighted by atomic mass is 10.0. The molecule has 106 valence electrons. The number of sulfonamides is 1. The number of rotatable bonds is 3. The number of benzene rings is 1. The van der Waals surface area contributed by atoms with Crippen LogP contribution in [0, 0.1) is 0 Å². The summed E-state index contributed by atoms with van der Waals surface area (Å²) in [6, 6.07) is 7.11. The van der Waals surface area contributed by atoms with Crippen LogP contribution in [0.15, 0.2) is 29.2 Å². The summed E-state index contributed by atoms with van der Waals surface area (Å²) in [6.45, 7) is 8.47. The van der Waals surface area contributed by atoms with E-state index in [-0.39, 0.29) is 6.73 Å². The third-order valence-corrected chi connectivity index (χ3v) is 5.52. The molecule has 0 saturated carbocycles. The highest BCUT2D eigenvalue weighted by molar-refractivity contribution is 7.89. The van der Waals surface area contributed by atoms with Gasteiger partial charge in [-0.2, -0.15) is 4.31 Å². The largest absolute Gasteiger partial charge is 0.363 e. The smallest absolute Gasteiger partial charge is 0.245 e. The second-order valence-electron chi connectivity index (χ2n) is 5.87. The second-order valence-corrected chi connectivity index (χ2v) is 7.73. The van der Waals surface area contributed by atoms with Crippen LogP contribution in [0.4, 0.5) is 0 Å². The van der Waals surface area contributed by atoms with Gasteiger partial charge < -0.3 is 4.74 Å². The summed E-state index contributed by atoms with van der Waals surface area (Å²) in [5, 5.41) is 0. The van der Waals surface area contributed by atoms with Crippen LogP contribution in [-0.2, 0) is 14.8 Å². The maximum absolute atomic E-state index is 12.6. The van der Waals surface area contributed by atoms with E-state index >= 15 is 0 Å². The first kappa shape index (κ1) is 14.5. The minimum Gasteiger partial charge on any atom is -0.363 e. The molecule has 1 saturated heterocycles. The number of ether oxygens (including phenoxy) is 1. The highest BCUT2D eigenvalue weighted by Crippen LogP contribution is 2.29.